The monoisotopic (exact) mass is 373 g/mol. The number of unbranched alkanes of at least 4 members (excludes halogenated alkanes) is 2. The predicted molar refractivity (Wildman–Crippen MR) is 106 cm³/mol. The minimum atomic E-state index is -0.119. The number of benzene rings is 1. The van der Waals surface area contributed by atoms with E-state index in [9.17, 15) is 9.59 Å². The Hall–Kier alpha value is -2.24. The summed E-state index contributed by atoms with van der Waals surface area (Å²) in [5.41, 5.74) is 1.07. The van der Waals surface area contributed by atoms with Crippen molar-refractivity contribution >= 4 is 17.5 Å². The van der Waals surface area contributed by atoms with E-state index in [4.69, 9.17) is 4.74 Å². The van der Waals surface area contributed by atoms with Crippen LogP contribution in [-0.4, -0.2) is 56.5 Å². The van der Waals surface area contributed by atoms with Gasteiger partial charge in [-0.3, -0.25) is 9.59 Å². The van der Waals surface area contributed by atoms with Gasteiger partial charge in [0.25, 0.3) is 0 Å². The molecule has 1 aliphatic heterocycles. The molecule has 0 spiro atoms. The molecule has 6 heteroatoms. The van der Waals surface area contributed by atoms with E-state index >= 15 is 0 Å². The fraction of sp³-hybridized carbons (Fsp3) is 0.619. The molecule has 0 bridgehead atoms. The van der Waals surface area contributed by atoms with Crippen LogP contribution in [0, 0.1) is 11.8 Å². The van der Waals surface area contributed by atoms with E-state index in [0.29, 0.717) is 19.5 Å². The number of hydrogen-bond acceptors (Lipinski definition) is 4. The lowest BCUT2D eigenvalue weighted by atomic mass is 10.2. The second-order valence-corrected chi connectivity index (χ2v) is 7.43. The first-order valence-corrected chi connectivity index (χ1v) is 10.1. The normalized spacial score (nSPS) is 21.7. The topological polar surface area (TPSA) is 61.9 Å². The number of piperazine rings is 1. The Bertz CT molecular complexity index is 656. The second kappa shape index (κ2) is 9.11. The standard InChI is InChI=1S/C21H31N3O3/c1-3-4-7-10-22-20(25)16-15-17(16)21(26)24-13-11-23(12-14-24)18-8-5-6-9-19(18)27-2/h5-6,8-9,16-17H,3-4,7,10-15H2,1-2H3,(H,22,25). The second-order valence-electron chi connectivity index (χ2n) is 7.43. The van der Waals surface area contributed by atoms with Crippen LogP contribution in [0.25, 0.3) is 0 Å². The molecule has 1 saturated carbocycles. The molecule has 2 fully saturated rings. The van der Waals surface area contributed by atoms with Crippen LogP contribution in [0.3, 0.4) is 0 Å². The Morgan fingerprint density at radius 2 is 1.85 bits per heavy atom. The lowest BCUT2D eigenvalue weighted by molar-refractivity contribution is -0.135. The van der Waals surface area contributed by atoms with E-state index in [-0.39, 0.29) is 23.7 Å². The van der Waals surface area contributed by atoms with Gasteiger partial charge in [-0.1, -0.05) is 31.9 Å². The number of amides is 2. The molecule has 1 aromatic carbocycles. The highest BCUT2D eigenvalue weighted by Crippen LogP contribution is 2.40. The van der Waals surface area contributed by atoms with Crippen molar-refractivity contribution < 1.29 is 14.3 Å². The zero-order valence-corrected chi connectivity index (χ0v) is 16.4. The van der Waals surface area contributed by atoms with Gasteiger partial charge in [0, 0.05) is 32.7 Å². The van der Waals surface area contributed by atoms with Gasteiger partial charge in [0.1, 0.15) is 5.75 Å². The first-order valence-electron chi connectivity index (χ1n) is 10.1. The highest BCUT2D eigenvalue weighted by atomic mass is 16.5. The number of methoxy groups -OCH3 is 1. The van der Waals surface area contributed by atoms with Crippen molar-refractivity contribution in [1.82, 2.24) is 10.2 Å². The van der Waals surface area contributed by atoms with Gasteiger partial charge < -0.3 is 19.9 Å². The summed E-state index contributed by atoms with van der Waals surface area (Å²) in [4.78, 5) is 29.1. The van der Waals surface area contributed by atoms with Gasteiger partial charge in [0.2, 0.25) is 11.8 Å². The van der Waals surface area contributed by atoms with Gasteiger partial charge in [-0.15, -0.1) is 0 Å². The third-order valence-electron chi connectivity index (χ3n) is 5.54. The number of rotatable bonds is 8. The highest BCUT2D eigenvalue weighted by Gasteiger charge is 2.49. The largest absolute Gasteiger partial charge is 0.495 e. The van der Waals surface area contributed by atoms with E-state index in [1.807, 2.05) is 23.1 Å². The van der Waals surface area contributed by atoms with E-state index in [0.717, 1.165) is 50.3 Å². The molecule has 1 saturated heterocycles. The van der Waals surface area contributed by atoms with Crippen molar-refractivity contribution in [3.8, 4) is 5.75 Å². The summed E-state index contributed by atoms with van der Waals surface area (Å²) in [6, 6.07) is 7.98. The smallest absolute Gasteiger partial charge is 0.226 e. The number of carbonyl (C=O) groups is 2. The van der Waals surface area contributed by atoms with Gasteiger partial charge in [-0.25, -0.2) is 0 Å². The molecular formula is C21H31N3O3. The Balaban J connectivity index is 1.45. The van der Waals surface area contributed by atoms with E-state index < -0.39 is 0 Å². The maximum atomic E-state index is 12.7. The van der Waals surface area contributed by atoms with Crippen LogP contribution in [0.5, 0.6) is 5.75 Å². The molecule has 148 valence electrons. The average molecular weight is 373 g/mol. The van der Waals surface area contributed by atoms with Gasteiger partial charge >= 0.3 is 0 Å². The molecule has 1 aliphatic carbocycles. The molecule has 2 atom stereocenters. The summed E-state index contributed by atoms with van der Waals surface area (Å²) in [5, 5.41) is 2.98. The van der Waals surface area contributed by atoms with E-state index in [1.54, 1.807) is 7.11 Å². The van der Waals surface area contributed by atoms with Crippen LogP contribution in [-0.2, 0) is 9.59 Å². The fourth-order valence-electron chi connectivity index (χ4n) is 3.77. The summed E-state index contributed by atoms with van der Waals surface area (Å²) in [6.45, 7) is 5.82. The number of carbonyl (C=O) groups excluding carboxylic acids is 2. The number of hydrogen-bond donors (Lipinski definition) is 1. The number of anilines is 1. The van der Waals surface area contributed by atoms with E-state index in [1.165, 1.54) is 0 Å². The number of nitrogens with one attached hydrogen (secondary N) is 1. The highest BCUT2D eigenvalue weighted by molar-refractivity contribution is 5.92. The molecule has 1 N–H and O–H groups in total. The number of nitrogens with zero attached hydrogens (tertiary/aromatic N) is 2. The summed E-state index contributed by atoms with van der Waals surface area (Å²) in [5.74, 6) is 0.820. The minimum absolute atomic E-state index is 0.0529. The molecule has 1 heterocycles. The van der Waals surface area contributed by atoms with Crippen molar-refractivity contribution in [1.29, 1.82) is 0 Å². The van der Waals surface area contributed by atoms with Crippen LogP contribution in [0.15, 0.2) is 24.3 Å². The van der Waals surface area contributed by atoms with Crippen LogP contribution in [0.1, 0.15) is 32.6 Å². The summed E-state index contributed by atoms with van der Waals surface area (Å²) in [7, 11) is 1.68. The molecular weight excluding hydrogens is 342 g/mol. The molecule has 1 aromatic rings. The molecule has 3 rings (SSSR count). The van der Waals surface area contributed by atoms with Crippen LogP contribution in [0.4, 0.5) is 5.69 Å². The van der Waals surface area contributed by atoms with Crippen molar-refractivity contribution in [2.45, 2.75) is 32.6 Å². The SMILES string of the molecule is CCCCCNC(=O)C1CC1C(=O)N1CCN(c2ccccc2OC)CC1. The molecule has 0 aromatic heterocycles. The zero-order valence-electron chi connectivity index (χ0n) is 16.4. The Kier molecular flexibility index (Phi) is 6.58. The van der Waals surface area contributed by atoms with Crippen LogP contribution >= 0.6 is 0 Å². The van der Waals surface area contributed by atoms with Gasteiger partial charge in [0.15, 0.2) is 0 Å². The molecule has 6 nitrogen and oxygen atoms in total. The molecule has 27 heavy (non-hydrogen) atoms. The Morgan fingerprint density at radius 3 is 2.56 bits per heavy atom. The maximum Gasteiger partial charge on any atom is 0.226 e. The first kappa shape index (κ1) is 19.5. The Labute approximate surface area is 161 Å². The average Bonchev–Trinajstić information content (AvgIpc) is 3.51. The lowest BCUT2D eigenvalue weighted by Crippen LogP contribution is -2.49. The van der Waals surface area contributed by atoms with Crippen LogP contribution < -0.4 is 15.0 Å². The predicted octanol–water partition coefficient (Wildman–Crippen LogP) is 2.29. The molecule has 0 radical (unpaired) electrons. The van der Waals surface area contributed by atoms with E-state index in [2.05, 4.69) is 23.2 Å². The Morgan fingerprint density at radius 1 is 1.11 bits per heavy atom. The van der Waals surface area contributed by atoms with Crippen molar-refractivity contribution in [2.75, 3.05) is 44.7 Å². The maximum absolute atomic E-state index is 12.7. The first-order chi connectivity index (χ1) is 13.2. The summed E-state index contributed by atoms with van der Waals surface area (Å²) >= 11 is 0. The van der Waals surface area contributed by atoms with Crippen molar-refractivity contribution in [2.24, 2.45) is 11.8 Å². The van der Waals surface area contributed by atoms with Gasteiger partial charge in [-0.05, 0) is 25.0 Å². The third kappa shape index (κ3) is 4.73. The number of para-hydroxylation sites is 2. The quantitative estimate of drug-likeness (QED) is 0.710. The minimum Gasteiger partial charge on any atom is -0.495 e. The van der Waals surface area contributed by atoms with Crippen molar-refractivity contribution in [3.05, 3.63) is 24.3 Å². The van der Waals surface area contributed by atoms with Gasteiger partial charge in [-0.2, -0.15) is 0 Å². The van der Waals surface area contributed by atoms with Gasteiger partial charge in [0.05, 0.1) is 24.6 Å². The van der Waals surface area contributed by atoms with Crippen molar-refractivity contribution in [3.63, 3.8) is 0 Å². The number of ether oxygens (including phenoxy) is 1. The third-order valence-corrected chi connectivity index (χ3v) is 5.54. The molecule has 2 aliphatic rings. The summed E-state index contributed by atoms with van der Waals surface area (Å²) < 4.78 is 5.44. The zero-order chi connectivity index (χ0) is 19.2. The fourth-order valence-corrected chi connectivity index (χ4v) is 3.77. The lowest BCUT2D eigenvalue weighted by Gasteiger charge is -2.36. The van der Waals surface area contributed by atoms with Crippen LogP contribution in [0.2, 0.25) is 0 Å². The molecule has 2 unspecified atom stereocenters. The summed E-state index contributed by atoms with van der Waals surface area (Å²) in [6.07, 6.45) is 3.98. The molecule has 2 amide bonds.